The predicted molar refractivity (Wildman–Crippen MR) is 65.9 cm³/mol. The largest absolute Gasteiger partial charge is 0.203 e. The molecule has 0 bridgehead atoms. The Labute approximate surface area is 99.9 Å². The van der Waals surface area contributed by atoms with E-state index in [1.807, 2.05) is 24.3 Å². The summed E-state index contributed by atoms with van der Waals surface area (Å²) in [7, 11) is 0. The average Bonchev–Trinajstić information content (AvgIpc) is 2.36. The lowest BCUT2D eigenvalue weighted by molar-refractivity contribution is 0.505. The van der Waals surface area contributed by atoms with Gasteiger partial charge in [-0.05, 0) is 30.0 Å². The highest BCUT2D eigenvalue weighted by molar-refractivity contribution is 5.65. The number of aryl methyl sites for hydroxylation is 2. The monoisotopic (exact) mass is 232 g/mol. The predicted octanol–water partition coefficient (Wildman–Crippen LogP) is 4.50. The molecular formula is C15H14F2. The average molecular weight is 232 g/mol. The van der Waals surface area contributed by atoms with E-state index in [0.717, 1.165) is 6.42 Å². The Hall–Kier alpha value is -1.70. The molecule has 88 valence electrons. The molecule has 2 rings (SSSR count). The lowest BCUT2D eigenvalue weighted by Crippen LogP contribution is -1.93. The highest BCUT2D eigenvalue weighted by Crippen LogP contribution is 2.26. The smallest absolute Gasteiger partial charge is 0.166 e. The molecule has 2 aromatic rings. The summed E-state index contributed by atoms with van der Waals surface area (Å²) in [6.45, 7) is 3.61. The van der Waals surface area contributed by atoms with Gasteiger partial charge < -0.3 is 0 Å². The summed E-state index contributed by atoms with van der Waals surface area (Å²) >= 11 is 0. The zero-order valence-corrected chi connectivity index (χ0v) is 9.93. The summed E-state index contributed by atoms with van der Waals surface area (Å²) in [6, 6.07) is 10.7. The van der Waals surface area contributed by atoms with Crippen LogP contribution in [-0.4, -0.2) is 0 Å². The quantitative estimate of drug-likeness (QED) is 0.715. The maximum atomic E-state index is 13.8. The van der Waals surface area contributed by atoms with Crippen molar-refractivity contribution < 1.29 is 8.78 Å². The van der Waals surface area contributed by atoms with Gasteiger partial charge in [0.25, 0.3) is 0 Å². The number of benzene rings is 2. The van der Waals surface area contributed by atoms with Crippen LogP contribution < -0.4 is 0 Å². The molecule has 0 spiro atoms. The Balaban J connectivity index is 2.49. The van der Waals surface area contributed by atoms with Crippen LogP contribution in [0.1, 0.15) is 18.1 Å². The molecule has 2 heteroatoms. The third-order valence-corrected chi connectivity index (χ3v) is 2.95. The van der Waals surface area contributed by atoms with E-state index in [1.54, 1.807) is 19.1 Å². The molecule has 0 aliphatic carbocycles. The minimum absolute atomic E-state index is 0.316. The normalized spacial score (nSPS) is 10.6. The summed E-state index contributed by atoms with van der Waals surface area (Å²) in [5.74, 6) is -1.53. The fourth-order valence-electron chi connectivity index (χ4n) is 1.79. The van der Waals surface area contributed by atoms with Gasteiger partial charge >= 0.3 is 0 Å². The molecule has 0 saturated carbocycles. The van der Waals surface area contributed by atoms with Gasteiger partial charge in [0.2, 0.25) is 0 Å². The molecule has 2 aromatic carbocycles. The first-order chi connectivity index (χ1) is 8.13. The molecule has 0 amide bonds. The molecule has 0 radical (unpaired) electrons. The maximum Gasteiger partial charge on any atom is 0.166 e. The standard InChI is InChI=1S/C15H14F2/c1-3-11-5-7-12(8-6-11)13-9-4-10(2)14(16)15(13)17/h4-9H,3H2,1-2H3. The molecule has 0 aliphatic heterocycles. The van der Waals surface area contributed by atoms with E-state index >= 15 is 0 Å². The second kappa shape index (κ2) is 4.66. The van der Waals surface area contributed by atoms with Crippen molar-refractivity contribution in [2.45, 2.75) is 20.3 Å². The van der Waals surface area contributed by atoms with Gasteiger partial charge in [0.05, 0.1) is 0 Å². The highest BCUT2D eigenvalue weighted by atomic mass is 19.2. The first kappa shape index (κ1) is 11.8. The van der Waals surface area contributed by atoms with Crippen molar-refractivity contribution in [3.05, 3.63) is 59.2 Å². The Kier molecular flexibility index (Phi) is 3.23. The van der Waals surface area contributed by atoms with Gasteiger partial charge in [-0.1, -0.05) is 43.3 Å². The van der Waals surface area contributed by atoms with Crippen LogP contribution in [0.25, 0.3) is 11.1 Å². The molecule has 0 aliphatic rings. The molecule has 0 unspecified atom stereocenters. The van der Waals surface area contributed by atoms with Crippen molar-refractivity contribution in [2.24, 2.45) is 0 Å². The molecular weight excluding hydrogens is 218 g/mol. The molecule has 0 fully saturated rings. The number of rotatable bonds is 2. The molecule has 17 heavy (non-hydrogen) atoms. The second-order valence-corrected chi connectivity index (χ2v) is 4.11. The van der Waals surface area contributed by atoms with E-state index < -0.39 is 11.6 Å². The van der Waals surface area contributed by atoms with Crippen molar-refractivity contribution >= 4 is 0 Å². The van der Waals surface area contributed by atoms with Crippen molar-refractivity contribution in [3.63, 3.8) is 0 Å². The van der Waals surface area contributed by atoms with Crippen LogP contribution in [0.4, 0.5) is 8.78 Å². The van der Waals surface area contributed by atoms with Gasteiger partial charge in [-0.2, -0.15) is 0 Å². The summed E-state index contributed by atoms with van der Waals surface area (Å²) in [5, 5.41) is 0. The molecule has 0 atom stereocenters. The van der Waals surface area contributed by atoms with Gasteiger partial charge in [-0.3, -0.25) is 0 Å². The third kappa shape index (κ3) is 2.21. The van der Waals surface area contributed by atoms with E-state index in [9.17, 15) is 8.78 Å². The van der Waals surface area contributed by atoms with Gasteiger partial charge in [0.1, 0.15) is 0 Å². The van der Waals surface area contributed by atoms with Gasteiger partial charge in [0, 0.05) is 5.56 Å². The molecule has 0 N–H and O–H groups in total. The van der Waals surface area contributed by atoms with Crippen LogP contribution in [0, 0.1) is 18.6 Å². The second-order valence-electron chi connectivity index (χ2n) is 4.11. The lowest BCUT2D eigenvalue weighted by Gasteiger charge is -2.07. The first-order valence-corrected chi connectivity index (χ1v) is 5.67. The van der Waals surface area contributed by atoms with Crippen LogP contribution in [0.5, 0.6) is 0 Å². The van der Waals surface area contributed by atoms with Gasteiger partial charge in [-0.25, -0.2) is 8.78 Å². The Bertz CT molecular complexity index is 527. The van der Waals surface area contributed by atoms with E-state index in [1.165, 1.54) is 5.56 Å². The first-order valence-electron chi connectivity index (χ1n) is 5.67. The molecule has 0 heterocycles. The van der Waals surface area contributed by atoms with Crippen LogP contribution in [0.2, 0.25) is 0 Å². The highest BCUT2D eigenvalue weighted by Gasteiger charge is 2.12. The number of hydrogen-bond acceptors (Lipinski definition) is 0. The zero-order valence-electron chi connectivity index (χ0n) is 9.93. The number of hydrogen-bond donors (Lipinski definition) is 0. The van der Waals surface area contributed by atoms with Crippen molar-refractivity contribution in [1.82, 2.24) is 0 Å². The Morgan fingerprint density at radius 3 is 2.12 bits per heavy atom. The fourth-order valence-corrected chi connectivity index (χ4v) is 1.79. The van der Waals surface area contributed by atoms with Gasteiger partial charge in [0.15, 0.2) is 11.6 Å². The van der Waals surface area contributed by atoms with E-state index in [-0.39, 0.29) is 0 Å². The zero-order chi connectivity index (χ0) is 12.4. The van der Waals surface area contributed by atoms with Crippen LogP contribution in [-0.2, 0) is 6.42 Å². The minimum Gasteiger partial charge on any atom is -0.203 e. The van der Waals surface area contributed by atoms with Crippen LogP contribution in [0.3, 0.4) is 0 Å². The molecule has 0 saturated heterocycles. The SMILES string of the molecule is CCc1ccc(-c2ccc(C)c(F)c2F)cc1. The summed E-state index contributed by atoms with van der Waals surface area (Å²) in [4.78, 5) is 0. The van der Waals surface area contributed by atoms with Crippen molar-refractivity contribution in [2.75, 3.05) is 0 Å². The van der Waals surface area contributed by atoms with Crippen molar-refractivity contribution in [3.8, 4) is 11.1 Å². The summed E-state index contributed by atoms with van der Waals surface area (Å²) in [6.07, 6.45) is 0.936. The number of halogens is 2. The van der Waals surface area contributed by atoms with Crippen LogP contribution >= 0.6 is 0 Å². The maximum absolute atomic E-state index is 13.8. The van der Waals surface area contributed by atoms with Gasteiger partial charge in [-0.15, -0.1) is 0 Å². The van der Waals surface area contributed by atoms with E-state index in [0.29, 0.717) is 16.7 Å². The van der Waals surface area contributed by atoms with Crippen molar-refractivity contribution in [1.29, 1.82) is 0 Å². The molecule has 0 aromatic heterocycles. The summed E-state index contributed by atoms with van der Waals surface area (Å²) < 4.78 is 27.2. The van der Waals surface area contributed by atoms with E-state index in [4.69, 9.17) is 0 Å². The Morgan fingerprint density at radius 2 is 1.53 bits per heavy atom. The summed E-state index contributed by atoms with van der Waals surface area (Å²) in [5.41, 5.74) is 2.53. The minimum atomic E-state index is -0.769. The Morgan fingerprint density at radius 1 is 0.882 bits per heavy atom. The topological polar surface area (TPSA) is 0 Å². The molecule has 0 nitrogen and oxygen atoms in total. The lowest BCUT2D eigenvalue weighted by atomic mass is 10.0. The third-order valence-electron chi connectivity index (χ3n) is 2.95. The van der Waals surface area contributed by atoms with Crippen LogP contribution in [0.15, 0.2) is 36.4 Å². The van der Waals surface area contributed by atoms with E-state index in [2.05, 4.69) is 6.92 Å². The fraction of sp³-hybridized carbons (Fsp3) is 0.200.